The summed E-state index contributed by atoms with van der Waals surface area (Å²) >= 11 is 0. The Morgan fingerprint density at radius 1 is 0.931 bits per heavy atom. The number of nitrogens with zero attached hydrogens (tertiary/aromatic N) is 1. The minimum absolute atomic E-state index is 0.0671. The fraction of sp³-hybridized carbons (Fsp3) is 0.333. The zero-order valence-electron chi connectivity index (χ0n) is 16.9. The van der Waals surface area contributed by atoms with Crippen LogP contribution in [0.5, 0.6) is 23.0 Å². The zero-order chi connectivity index (χ0) is 21.0. The average Bonchev–Trinajstić information content (AvgIpc) is 3.17. The molecule has 0 aromatic heterocycles. The maximum absolute atomic E-state index is 12.8. The van der Waals surface area contributed by atoms with Crippen LogP contribution in [-0.2, 0) is 4.79 Å². The minimum atomic E-state index is -0.351. The maximum Gasteiger partial charge on any atom is 0.255 e. The van der Waals surface area contributed by atoms with E-state index in [-0.39, 0.29) is 11.8 Å². The normalized spacial score (nSPS) is 13.2. The van der Waals surface area contributed by atoms with Crippen LogP contribution in [0.1, 0.15) is 23.2 Å². The predicted molar refractivity (Wildman–Crippen MR) is 109 cm³/mol. The van der Waals surface area contributed by atoms with Gasteiger partial charge in [0.25, 0.3) is 5.91 Å². The summed E-state index contributed by atoms with van der Waals surface area (Å²) in [5.74, 6) is 1.42. The maximum atomic E-state index is 12.8. The Balaban J connectivity index is 1.86. The Kier molecular flexibility index (Phi) is 6.11. The quantitative estimate of drug-likeness (QED) is 0.769. The van der Waals surface area contributed by atoms with E-state index in [1.54, 1.807) is 35.2 Å². The van der Waals surface area contributed by atoms with Gasteiger partial charge in [-0.15, -0.1) is 0 Å². The average molecular weight is 400 g/mol. The molecular formula is C21H24N2O6. The molecule has 1 fully saturated rings. The van der Waals surface area contributed by atoms with Gasteiger partial charge in [-0.2, -0.15) is 0 Å². The van der Waals surface area contributed by atoms with Crippen molar-refractivity contribution in [1.29, 1.82) is 0 Å². The van der Waals surface area contributed by atoms with Crippen molar-refractivity contribution < 1.29 is 28.5 Å². The van der Waals surface area contributed by atoms with Gasteiger partial charge >= 0.3 is 0 Å². The van der Waals surface area contributed by atoms with Gasteiger partial charge in [-0.1, -0.05) is 0 Å². The van der Waals surface area contributed by atoms with Gasteiger partial charge in [0, 0.05) is 30.3 Å². The Bertz CT molecular complexity index is 902. The fourth-order valence-corrected chi connectivity index (χ4v) is 3.30. The monoisotopic (exact) mass is 400 g/mol. The minimum Gasteiger partial charge on any atom is -0.494 e. The molecule has 0 radical (unpaired) electrons. The number of hydrogen-bond acceptors (Lipinski definition) is 6. The summed E-state index contributed by atoms with van der Waals surface area (Å²) in [7, 11) is 6.01. The number of anilines is 2. The van der Waals surface area contributed by atoms with Crippen molar-refractivity contribution in [3.63, 3.8) is 0 Å². The highest BCUT2D eigenvalue weighted by Gasteiger charge is 2.25. The van der Waals surface area contributed by atoms with Crippen molar-refractivity contribution in [3.05, 3.63) is 35.9 Å². The lowest BCUT2D eigenvalue weighted by molar-refractivity contribution is -0.117. The molecule has 1 aliphatic rings. The smallest absolute Gasteiger partial charge is 0.255 e. The number of carbonyl (C=O) groups excluding carboxylic acids is 2. The Hall–Kier alpha value is -3.42. The first-order valence-corrected chi connectivity index (χ1v) is 9.12. The first-order valence-electron chi connectivity index (χ1n) is 9.12. The molecule has 0 bridgehead atoms. The molecule has 2 aromatic carbocycles. The van der Waals surface area contributed by atoms with Crippen LogP contribution >= 0.6 is 0 Å². The van der Waals surface area contributed by atoms with Crippen molar-refractivity contribution in [2.45, 2.75) is 12.8 Å². The van der Waals surface area contributed by atoms with Gasteiger partial charge in [0.15, 0.2) is 11.5 Å². The Labute approximate surface area is 169 Å². The third kappa shape index (κ3) is 4.06. The number of amides is 2. The van der Waals surface area contributed by atoms with E-state index in [1.807, 2.05) is 0 Å². The fourth-order valence-electron chi connectivity index (χ4n) is 3.30. The van der Waals surface area contributed by atoms with Crippen molar-refractivity contribution in [3.8, 4) is 23.0 Å². The van der Waals surface area contributed by atoms with Crippen LogP contribution in [0.3, 0.4) is 0 Å². The van der Waals surface area contributed by atoms with Gasteiger partial charge in [0.1, 0.15) is 5.75 Å². The number of nitrogens with one attached hydrogen (secondary N) is 1. The van der Waals surface area contributed by atoms with Crippen molar-refractivity contribution in [2.75, 3.05) is 45.2 Å². The summed E-state index contributed by atoms with van der Waals surface area (Å²) in [5.41, 5.74) is 1.58. The molecule has 2 amide bonds. The summed E-state index contributed by atoms with van der Waals surface area (Å²) < 4.78 is 21.3. The number of hydrogen-bond donors (Lipinski definition) is 1. The molecule has 0 unspecified atom stereocenters. The molecule has 154 valence electrons. The molecule has 0 saturated carbocycles. The summed E-state index contributed by atoms with van der Waals surface area (Å²) in [6, 6.07) is 8.35. The highest BCUT2D eigenvalue weighted by Crippen LogP contribution is 2.39. The largest absolute Gasteiger partial charge is 0.494 e. The highest BCUT2D eigenvalue weighted by molar-refractivity contribution is 6.05. The molecule has 1 N–H and O–H groups in total. The molecular weight excluding hydrogens is 376 g/mol. The first kappa shape index (κ1) is 20.3. The van der Waals surface area contributed by atoms with E-state index < -0.39 is 0 Å². The van der Waals surface area contributed by atoms with Crippen LogP contribution in [0.15, 0.2) is 30.3 Å². The predicted octanol–water partition coefficient (Wildman–Crippen LogP) is 3.10. The van der Waals surface area contributed by atoms with Gasteiger partial charge < -0.3 is 29.2 Å². The molecule has 1 aliphatic heterocycles. The van der Waals surface area contributed by atoms with Crippen LogP contribution in [0.2, 0.25) is 0 Å². The Morgan fingerprint density at radius 3 is 2.10 bits per heavy atom. The molecule has 29 heavy (non-hydrogen) atoms. The number of benzene rings is 2. The van der Waals surface area contributed by atoms with Crippen LogP contribution in [0, 0.1) is 0 Å². The number of carbonyl (C=O) groups is 2. The molecule has 0 atom stereocenters. The van der Waals surface area contributed by atoms with E-state index in [0.717, 1.165) is 6.42 Å². The van der Waals surface area contributed by atoms with E-state index >= 15 is 0 Å². The van der Waals surface area contributed by atoms with Gasteiger partial charge in [0.2, 0.25) is 11.7 Å². The van der Waals surface area contributed by atoms with E-state index in [9.17, 15) is 9.59 Å². The van der Waals surface area contributed by atoms with Crippen LogP contribution < -0.4 is 29.2 Å². The second-order valence-electron chi connectivity index (χ2n) is 6.40. The SMILES string of the molecule is COc1cc(NC(=O)c2cc(OC)c(OC)c(OC)c2)ccc1N1CCCC1=O. The summed E-state index contributed by atoms with van der Waals surface area (Å²) in [5, 5.41) is 2.83. The molecule has 8 heteroatoms. The molecule has 1 heterocycles. The highest BCUT2D eigenvalue weighted by atomic mass is 16.5. The summed E-state index contributed by atoms with van der Waals surface area (Å²) in [6.45, 7) is 0.659. The molecule has 0 aliphatic carbocycles. The van der Waals surface area contributed by atoms with Crippen LogP contribution in [-0.4, -0.2) is 46.8 Å². The van der Waals surface area contributed by atoms with Crippen molar-refractivity contribution in [2.24, 2.45) is 0 Å². The van der Waals surface area contributed by atoms with Gasteiger partial charge in [-0.05, 0) is 30.7 Å². The molecule has 8 nitrogen and oxygen atoms in total. The van der Waals surface area contributed by atoms with E-state index in [0.29, 0.717) is 52.9 Å². The lowest BCUT2D eigenvalue weighted by Crippen LogP contribution is -2.24. The molecule has 0 spiro atoms. The molecule has 1 saturated heterocycles. The van der Waals surface area contributed by atoms with E-state index in [2.05, 4.69) is 5.32 Å². The number of rotatable bonds is 7. The van der Waals surface area contributed by atoms with Gasteiger partial charge in [0.05, 0.1) is 34.1 Å². The number of methoxy groups -OCH3 is 4. The van der Waals surface area contributed by atoms with E-state index in [4.69, 9.17) is 18.9 Å². The van der Waals surface area contributed by atoms with Gasteiger partial charge in [-0.25, -0.2) is 0 Å². The van der Waals surface area contributed by atoms with Crippen LogP contribution in [0.4, 0.5) is 11.4 Å². The van der Waals surface area contributed by atoms with Crippen molar-refractivity contribution >= 4 is 23.2 Å². The molecule has 2 aromatic rings. The number of ether oxygens (including phenoxy) is 4. The first-order chi connectivity index (χ1) is 14.0. The molecule has 3 rings (SSSR count). The Morgan fingerprint density at radius 2 is 1.59 bits per heavy atom. The second kappa shape index (κ2) is 8.72. The topological polar surface area (TPSA) is 86.3 Å². The summed E-state index contributed by atoms with van der Waals surface area (Å²) in [6.07, 6.45) is 1.35. The van der Waals surface area contributed by atoms with Gasteiger partial charge in [-0.3, -0.25) is 9.59 Å². The third-order valence-corrected chi connectivity index (χ3v) is 4.73. The lowest BCUT2D eigenvalue weighted by atomic mass is 10.1. The second-order valence-corrected chi connectivity index (χ2v) is 6.40. The third-order valence-electron chi connectivity index (χ3n) is 4.73. The van der Waals surface area contributed by atoms with E-state index in [1.165, 1.54) is 28.4 Å². The standard InChI is InChI=1S/C21H24N2O6/c1-26-16-12-14(7-8-15(16)23-9-5-6-19(23)24)22-21(25)13-10-17(27-2)20(29-4)18(11-13)28-3/h7-8,10-12H,5-6,9H2,1-4H3,(H,22,25). The lowest BCUT2D eigenvalue weighted by Gasteiger charge is -2.20. The van der Waals surface area contributed by atoms with Crippen molar-refractivity contribution in [1.82, 2.24) is 0 Å². The zero-order valence-corrected chi connectivity index (χ0v) is 16.9. The van der Waals surface area contributed by atoms with Crippen LogP contribution in [0.25, 0.3) is 0 Å². The summed E-state index contributed by atoms with van der Waals surface area (Å²) in [4.78, 5) is 26.5.